The highest BCUT2D eigenvalue weighted by atomic mass is 32.1. The summed E-state index contributed by atoms with van der Waals surface area (Å²) < 4.78 is 5.41. The fourth-order valence-corrected chi connectivity index (χ4v) is 4.96. The molecule has 0 saturated heterocycles. The lowest BCUT2D eigenvalue weighted by molar-refractivity contribution is -0.0292. The number of aromatic nitrogens is 1. The van der Waals surface area contributed by atoms with Gasteiger partial charge in [0.05, 0.1) is 7.11 Å². The SMILES string of the molecule is COc1ccc2c(c1)C(O)(c1ccccc1)C(c1nccs1)N(C1CC1)C2=O. The van der Waals surface area contributed by atoms with E-state index in [1.807, 2.05) is 40.6 Å². The Labute approximate surface area is 167 Å². The van der Waals surface area contributed by atoms with Gasteiger partial charge in [-0.2, -0.15) is 0 Å². The number of thiazole rings is 1. The molecule has 2 aliphatic rings. The van der Waals surface area contributed by atoms with E-state index in [4.69, 9.17) is 4.74 Å². The van der Waals surface area contributed by atoms with Crippen LogP contribution < -0.4 is 4.74 Å². The van der Waals surface area contributed by atoms with E-state index in [1.54, 1.807) is 31.5 Å². The topological polar surface area (TPSA) is 62.7 Å². The number of methoxy groups -OCH3 is 1. The lowest BCUT2D eigenvalue weighted by Crippen LogP contribution is -2.53. The summed E-state index contributed by atoms with van der Waals surface area (Å²) in [7, 11) is 1.59. The molecule has 2 unspecified atom stereocenters. The first kappa shape index (κ1) is 17.4. The molecule has 0 radical (unpaired) electrons. The van der Waals surface area contributed by atoms with E-state index in [0.29, 0.717) is 16.9 Å². The standard InChI is InChI=1S/C22H20N2O3S/c1-27-16-9-10-17-18(13-16)22(26,14-5-3-2-4-6-14)19(20-23-11-12-28-20)24(21(17)25)15-7-8-15/h2-6,9-13,15,19,26H,7-8H2,1H3. The molecule has 1 N–H and O–H groups in total. The van der Waals surface area contributed by atoms with Gasteiger partial charge in [0.15, 0.2) is 0 Å². The van der Waals surface area contributed by atoms with Crippen LogP contribution in [0.5, 0.6) is 5.75 Å². The number of carbonyl (C=O) groups excluding carboxylic acids is 1. The minimum Gasteiger partial charge on any atom is -0.497 e. The van der Waals surface area contributed by atoms with Gasteiger partial charge in [0.1, 0.15) is 22.4 Å². The first-order valence-electron chi connectivity index (χ1n) is 9.33. The minimum absolute atomic E-state index is 0.0547. The van der Waals surface area contributed by atoms with Crippen LogP contribution in [0.4, 0.5) is 0 Å². The van der Waals surface area contributed by atoms with Crippen LogP contribution in [-0.4, -0.2) is 34.0 Å². The normalized spacial score (nSPS) is 24.1. The number of hydrogen-bond acceptors (Lipinski definition) is 5. The van der Waals surface area contributed by atoms with Crippen molar-refractivity contribution in [2.75, 3.05) is 7.11 Å². The lowest BCUT2D eigenvalue weighted by atomic mass is 9.74. The van der Waals surface area contributed by atoms with Crippen LogP contribution in [-0.2, 0) is 5.60 Å². The van der Waals surface area contributed by atoms with Gasteiger partial charge in [0, 0.05) is 28.7 Å². The van der Waals surface area contributed by atoms with E-state index in [-0.39, 0.29) is 11.9 Å². The Kier molecular flexibility index (Phi) is 4.00. The predicted octanol–water partition coefficient (Wildman–Crippen LogP) is 3.75. The maximum absolute atomic E-state index is 13.5. The molecule has 1 aromatic heterocycles. The van der Waals surface area contributed by atoms with Crippen molar-refractivity contribution in [3.05, 3.63) is 81.8 Å². The Bertz CT molecular complexity index is 1020. The summed E-state index contributed by atoms with van der Waals surface area (Å²) in [5.74, 6) is 0.555. The fourth-order valence-electron chi connectivity index (χ4n) is 4.16. The summed E-state index contributed by atoms with van der Waals surface area (Å²) >= 11 is 1.47. The minimum atomic E-state index is -1.42. The Morgan fingerprint density at radius 2 is 2.00 bits per heavy atom. The molecule has 1 fully saturated rings. The van der Waals surface area contributed by atoms with Gasteiger partial charge < -0.3 is 14.7 Å². The first-order valence-corrected chi connectivity index (χ1v) is 10.2. The van der Waals surface area contributed by atoms with Crippen molar-refractivity contribution in [3.63, 3.8) is 0 Å². The van der Waals surface area contributed by atoms with E-state index >= 15 is 0 Å². The van der Waals surface area contributed by atoms with E-state index in [1.165, 1.54) is 11.3 Å². The molecule has 2 heterocycles. The molecule has 1 aliphatic heterocycles. The molecule has 0 spiro atoms. The molecular weight excluding hydrogens is 372 g/mol. The smallest absolute Gasteiger partial charge is 0.255 e. The van der Waals surface area contributed by atoms with E-state index in [0.717, 1.165) is 23.4 Å². The van der Waals surface area contributed by atoms with Crippen molar-refractivity contribution in [1.82, 2.24) is 9.88 Å². The van der Waals surface area contributed by atoms with E-state index < -0.39 is 11.6 Å². The molecular formula is C22H20N2O3S. The number of amides is 1. The maximum Gasteiger partial charge on any atom is 0.255 e. The molecule has 5 nitrogen and oxygen atoms in total. The van der Waals surface area contributed by atoms with Crippen LogP contribution in [0.3, 0.4) is 0 Å². The molecule has 2 aromatic carbocycles. The van der Waals surface area contributed by atoms with Gasteiger partial charge >= 0.3 is 0 Å². The van der Waals surface area contributed by atoms with Gasteiger partial charge in [-0.1, -0.05) is 30.3 Å². The Balaban J connectivity index is 1.83. The summed E-state index contributed by atoms with van der Waals surface area (Å²) in [4.78, 5) is 19.8. The van der Waals surface area contributed by atoms with Crippen LogP contribution in [0.1, 0.15) is 45.4 Å². The van der Waals surface area contributed by atoms with E-state index in [9.17, 15) is 9.90 Å². The van der Waals surface area contributed by atoms with Crippen LogP contribution in [0.15, 0.2) is 60.1 Å². The Morgan fingerprint density at radius 3 is 2.64 bits per heavy atom. The molecule has 28 heavy (non-hydrogen) atoms. The number of hydrogen-bond donors (Lipinski definition) is 1. The Hall–Kier alpha value is -2.70. The second-order valence-electron chi connectivity index (χ2n) is 7.26. The summed E-state index contributed by atoms with van der Waals surface area (Å²) in [5, 5.41) is 15.0. The molecule has 1 saturated carbocycles. The second-order valence-corrected chi connectivity index (χ2v) is 8.19. The summed E-state index contributed by atoms with van der Waals surface area (Å²) in [6.45, 7) is 0. The van der Waals surface area contributed by atoms with Crippen molar-refractivity contribution < 1.29 is 14.6 Å². The number of fused-ring (bicyclic) bond motifs is 1. The van der Waals surface area contributed by atoms with Crippen molar-refractivity contribution in [3.8, 4) is 5.75 Å². The molecule has 142 valence electrons. The maximum atomic E-state index is 13.5. The predicted molar refractivity (Wildman–Crippen MR) is 106 cm³/mol. The molecule has 5 rings (SSSR count). The van der Waals surface area contributed by atoms with Gasteiger partial charge in [-0.05, 0) is 36.6 Å². The number of rotatable bonds is 4. The van der Waals surface area contributed by atoms with Crippen molar-refractivity contribution >= 4 is 17.2 Å². The van der Waals surface area contributed by atoms with Crippen molar-refractivity contribution in [2.24, 2.45) is 0 Å². The summed E-state index contributed by atoms with van der Waals surface area (Å²) in [6, 6.07) is 14.4. The number of ether oxygens (including phenoxy) is 1. The zero-order valence-corrected chi connectivity index (χ0v) is 16.2. The van der Waals surface area contributed by atoms with Crippen LogP contribution in [0.2, 0.25) is 0 Å². The van der Waals surface area contributed by atoms with Crippen LogP contribution in [0, 0.1) is 0 Å². The molecule has 3 aromatic rings. The third kappa shape index (κ3) is 2.48. The highest BCUT2D eigenvalue weighted by Gasteiger charge is 2.56. The zero-order chi connectivity index (χ0) is 19.3. The molecule has 1 aliphatic carbocycles. The third-order valence-corrected chi connectivity index (χ3v) is 6.44. The molecule has 6 heteroatoms. The summed E-state index contributed by atoms with van der Waals surface area (Å²) in [5.41, 5.74) is 0.411. The van der Waals surface area contributed by atoms with Crippen molar-refractivity contribution in [1.29, 1.82) is 0 Å². The molecule has 2 atom stereocenters. The van der Waals surface area contributed by atoms with Gasteiger partial charge in [0.25, 0.3) is 5.91 Å². The van der Waals surface area contributed by atoms with E-state index in [2.05, 4.69) is 4.98 Å². The second kappa shape index (κ2) is 6.43. The average Bonchev–Trinajstić information content (AvgIpc) is 3.44. The van der Waals surface area contributed by atoms with Gasteiger partial charge in [0.2, 0.25) is 0 Å². The zero-order valence-electron chi connectivity index (χ0n) is 15.4. The number of benzene rings is 2. The highest BCUT2D eigenvalue weighted by Crippen LogP contribution is 2.53. The first-order chi connectivity index (χ1) is 13.6. The monoisotopic (exact) mass is 392 g/mol. The lowest BCUT2D eigenvalue weighted by Gasteiger charge is -2.47. The number of aliphatic hydroxyl groups is 1. The third-order valence-electron chi connectivity index (χ3n) is 5.62. The van der Waals surface area contributed by atoms with Crippen molar-refractivity contribution in [2.45, 2.75) is 30.5 Å². The molecule has 0 bridgehead atoms. The number of carbonyl (C=O) groups is 1. The van der Waals surface area contributed by atoms with Crippen LogP contribution >= 0.6 is 11.3 Å². The van der Waals surface area contributed by atoms with Gasteiger partial charge in [-0.3, -0.25) is 4.79 Å². The largest absolute Gasteiger partial charge is 0.497 e. The Morgan fingerprint density at radius 1 is 1.21 bits per heavy atom. The van der Waals surface area contributed by atoms with Gasteiger partial charge in [-0.15, -0.1) is 11.3 Å². The highest BCUT2D eigenvalue weighted by molar-refractivity contribution is 7.09. The molecule has 1 amide bonds. The fraction of sp³-hybridized carbons (Fsp3) is 0.273. The number of nitrogens with zero attached hydrogens (tertiary/aromatic N) is 2. The quantitative estimate of drug-likeness (QED) is 0.735. The van der Waals surface area contributed by atoms with Crippen LogP contribution in [0.25, 0.3) is 0 Å². The summed E-state index contributed by atoms with van der Waals surface area (Å²) in [6.07, 6.45) is 3.62. The van der Waals surface area contributed by atoms with Gasteiger partial charge in [-0.25, -0.2) is 4.98 Å². The average molecular weight is 392 g/mol.